The molecular weight excluding hydrogens is 228 g/mol. The summed E-state index contributed by atoms with van der Waals surface area (Å²) in [4.78, 5) is 0. The molecule has 0 aliphatic carbocycles. The highest BCUT2D eigenvalue weighted by atomic mass is 16.5. The molecule has 1 aliphatic heterocycles. The summed E-state index contributed by atoms with van der Waals surface area (Å²) in [6, 6.07) is 0. The minimum absolute atomic E-state index is 0.879. The van der Waals surface area contributed by atoms with E-state index >= 15 is 0 Å². The van der Waals surface area contributed by atoms with E-state index in [-0.39, 0.29) is 0 Å². The van der Waals surface area contributed by atoms with Gasteiger partial charge in [-0.25, -0.2) is 0 Å². The summed E-state index contributed by atoms with van der Waals surface area (Å²) in [6.45, 7) is 14.9. The van der Waals surface area contributed by atoms with Gasteiger partial charge in [0.2, 0.25) is 0 Å². The van der Waals surface area contributed by atoms with Crippen molar-refractivity contribution in [2.24, 2.45) is 0 Å². The van der Waals surface area contributed by atoms with Gasteiger partial charge < -0.3 is 18.4 Å². The molecule has 4 nitrogen and oxygen atoms in total. The summed E-state index contributed by atoms with van der Waals surface area (Å²) >= 11 is 0. The molecule has 1 fully saturated rings. The zero-order valence-corrected chi connectivity index (χ0v) is 12.8. The zero-order valence-electron chi connectivity index (χ0n) is 12.8. The minimum Gasteiger partial charge on any atom is -0.370 e. The quantitative estimate of drug-likeness (QED) is 0.478. The maximum absolute atomic E-state index is 5.83. The average molecular weight is 260 g/mol. The van der Waals surface area contributed by atoms with Gasteiger partial charge >= 0.3 is 0 Å². The van der Waals surface area contributed by atoms with Gasteiger partial charge in [0.1, 0.15) is 26.2 Å². The van der Waals surface area contributed by atoms with E-state index in [9.17, 15) is 0 Å². The molecule has 0 unspecified atom stereocenters. The molecule has 0 radical (unpaired) electrons. The summed E-state index contributed by atoms with van der Waals surface area (Å²) < 4.78 is 13.5. The fourth-order valence-corrected chi connectivity index (χ4v) is 2.22. The summed E-state index contributed by atoms with van der Waals surface area (Å²) in [5.41, 5.74) is 0. The summed E-state index contributed by atoms with van der Waals surface area (Å²) in [5, 5.41) is 0. The normalized spacial score (nSPS) is 20.0. The molecule has 4 heteroatoms. The van der Waals surface area contributed by atoms with E-state index in [4.69, 9.17) is 9.47 Å². The monoisotopic (exact) mass is 260 g/mol. The van der Waals surface area contributed by atoms with Gasteiger partial charge in [0.05, 0.1) is 53.6 Å². The van der Waals surface area contributed by atoms with Crippen molar-refractivity contribution in [2.75, 3.05) is 79.8 Å². The first-order valence-electron chi connectivity index (χ1n) is 7.36. The van der Waals surface area contributed by atoms with Gasteiger partial charge in [-0.05, 0) is 13.8 Å². The van der Waals surface area contributed by atoms with Crippen molar-refractivity contribution >= 4 is 0 Å². The lowest BCUT2D eigenvalue weighted by Gasteiger charge is -2.37. The van der Waals surface area contributed by atoms with Crippen LogP contribution in [0.4, 0.5) is 0 Å². The first-order chi connectivity index (χ1) is 8.54. The highest BCUT2D eigenvalue weighted by Crippen LogP contribution is 2.07. The fourth-order valence-electron chi connectivity index (χ4n) is 2.22. The molecule has 0 spiro atoms. The Labute approximate surface area is 113 Å². The van der Waals surface area contributed by atoms with Crippen LogP contribution < -0.4 is 0 Å². The Bertz CT molecular complexity index is 224. The Morgan fingerprint density at radius 3 is 2.28 bits per heavy atom. The minimum atomic E-state index is 0.879. The molecule has 0 bridgehead atoms. The smallest absolute Gasteiger partial charge is 0.102 e. The molecular formula is C14H32N2O2+2. The van der Waals surface area contributed by atoms with Crippen molar-refractivity contribution in [1.82, 2.24) is 0 Å². The number of rotatable bonds is 8. The van der Waals surface area contributed by atoms with Crippen LogP contribution in [0.2, 0.25) is 0 Å². The third-order valence-corrected chi connectivity index (χ3v) is 4.63. The third-order valence-electron chi connectivity index (χ3n) is 4.63. The summed E-state index contributed by atoms with van der Waals surface area (Å²) in [6.07, 6.45) is 0. The molecule has 1 saturated heterocycles. The standard InChI is InChI=1S/C14H32N2O2/c1-5-15(3,6-2)7-11-17-12-8-16(4)9-13-18-14-10-16/h5-14H2,1-4H3/q+2. The molecule has 1 heterocycles. The van der Waals surface area contributed by atoms with E-state index in [0.29, 0.717) is 0 Å². The Balaban J connectivity index is 2.11. The molecule has 108 valence electrons. The van der Waals surface area contributed by atoms with Crippen LogP contribution in [0.3, 0.4) is 0 Å². The lowest BCUT2D eigenvalue weighted by atomic mass is 10.3. The van der Waals surface area contributed by atoms with Crippen molar-refractivity contribution in [3.8, 4) is 0 Å². The van der Waals surface area contributed by atoms with Crippen LogP contribution in [-0.2, 0) is 9.47 Å². The van der Waals surface area contributed by atoms with Crippen molar-refractivity contribution in [3.05, 3.63) is 0 Å². The predicted molar refractivity (Wildman–Crippen MR) is 74.6 cm³/mol. The molecule has 0 aromatic heterocycles. The van der Waals surface area contributed by atoms with E-state index in [2.05, 4.69) is 27.9 Å². The summed E-state index contributed by atoms with van der Waals surface area (Å²) in [7, 11) is 4.61. The number of ether oxygens (including phenoxy) is 2. The van der Waals surface area contributed by atoms with E-state index < -0.39 is 0 Å². The Hall–Kier alpha value is -0.160. The largest absolute Gasteiger partial charge is 0.370 e. The van der Waals surface area contributed by atoms with Gasteiger partial charge in [-0.3, -0.25) is 0 Å². The topological polar surface area (TPSA) is 18.5 Å². The van der Waals surface area contributed by atoms with E-state index in [1.165, 1.54) is 13.1 Å². The Morgan fingerprint density at radius 1 is 1.11 bits per heavy atom. The molecule has 1 aliphatic rings. The lowest BCUT2D eigenvalue weighted by Crippen LogP contribution is -2.53. The SMILES string of the molecule is CC[N+](C)(CC)CCOCC[N+]1(C)CCOCC1. The second-order valence-corrected chi connectivity index (χ2v) is 5.99. The molecule has 1 rings (SSSR count). The van der Waals surface area contributed by atoms with Gasteiger partial charge in [-0.2, -0.15) is 0 Å². The number of hydrogen-bond acceptors (Lipinski definition) is 2. The number of morpholine rings is 1. The second kappa shape index (κ2) is 7.43. The van der Waals surface area contributed by atoms with Crippen molar-refractivity contribution in [1.29, 1.82) is 0 Å². The molecule has 0 N–H and O–H groups in total. The molecule has 0 atom stereocenters. The Morgan fingerprint density at radius 2 is 1.72 bits per heavy atom. The van der Waals surface area contributed by atoms with Gasteiger partial charge in [0.25, 0.3) is 0 Å². The lowest BCUT2D eigenvalue weighted by molar-refractivity contribution is -0.918. The van der Waals surface area contributed by atoms with Gasteiger partial charge in [-0.1, -0.05) is 0 Å². The van der Waals surface area contributed by atoms with E-state index in [1.54, 1.807) is 0 Å². The van der Waals surface area contributed by atoms with Crippen LogP contribution in [0, 0.1) is 0 Å². The number of likely N-dealkylation sites (N-methyl/N-ethyl adjacent to an activating group) is 2. The first kappa shape index (κ1) is 15.9. The maximum Gasteiger partial charge on any atom is 0.102 e. The van der Waals surface area contributed by atoms with Gasteiger partial charge in [0.15, 0.2) is 0 Å². The molecule has 0 aromatic rings. The molecule has 0 aromatic carbocycles. The predicted octanol–water partition coefficient (Wildman–Crippen LogP) is 0.966. The number of nitrogens with zero attached hydrogens (tertiary/aromatic N) is 2. The Kier molecular flexibility index (Phi) is 6.57. The van der Waals surface area contributed by atoms with E-state index in [1.807, 2.05) is 0 Å². The van der Waals surface area contributed by atoms with Gasteiger partial charge in [0, 0.05) is 0 Å². The van der Waals surface area contributed by atoms with Crippen molar-refractivity contribution < 1.29 is 18.4 Å². The van der Waals surface area contributed by atoms with Crippen LogP contribution in [-0.4, -0.2) is 88.8 Å². The molecule has 18 heavy (non-hydrogen) atoms. The fraction of sp³-hybridized carbons (Fsp3) is 1.00. The third kappa shape index (κ3) is 5.22. The summed E-state index contributed by atoms with van der Waals surface area (Å²) in [5.74, 6) is 0. The number of hydrogen-bond donors (Lipinski definition) is 0. The van der Waals surface area contributed by atoms with Crippen LogP contribution in [0.15, 0.2) is 0 Å². The van der Waals surface area contributed by atoms with Crippen LogP contribution >= 0.6 is 0 Å². The molecule has 0 saturated carbocycles. The highest BCUT2D eigenvalue weighted by Gasteiger charge is 2.24. The maximum atomic E-state index is 5.83. The van der Waals surface area contributed by atoms with Crippen molar-refractivity contribution in [2.45, 2.75) is 13.8 Å². The van der Waals surface area contributed by atoms with Gasteiger partial charge in [-0.15, -0.1) is 0 Å². The molecule has 0 amide bonds. The number of quaternary nitrogens is 2. The van der Waals surface area contributed by atoms with E-state index in [0.717, 1.165) is 61.6 Å². The van der Waals surface area contributed by atoms with Crippen LogP contribution in [0.5, 0.6) is 0 Å². The zero-order chi connectivity index (χ0) is 13.5. The average Bonchev–Trinajstić information content (AvgIpc) is 2.39. The van der Waals surface area contributed by atoms with Crippen LogP contribution in [0.1, 0.15) is 13.8 Å². The van der Waals surface area contributed by atoms with Crippen molar-refractivity contribution in [3.63, 3.8) is 0 Å². The second-order valence-electron chi connectivity index (χ2n) is 5.99. The first-order valence-corrected chi connectivity index (χ1v) is 7.36. The highest BCUT2D eigenvalue weighted by molar-refractivity contribution is 4.46. The van der Waals surface area contributed by atoms with Crippen LogP contribution in [0.25, 0.3) is 0 Å².